The molecule has 0 aromatic heterocycles. The lowest BCUT2D eigenvalue weighted by Crippen LogP contribution is -2.27. The number of allylic oxidation sites excluding steroid dienone is 1. The van der Waals surface area contributed by atoms with Crippen molar-refractivity contribution in [2.24, 2.45) is 4.99 Å². The Balaban J connectivity index is 2.33. The minimum atomic E-state index is -0.244. The molecule has 0 amide bonds. The fraction of sp³-hybridized carbons (Fsp3) is 0.429. The zero-order valence-electron chi connectivity index (χ0n) is 6.36. The van der Waals surface area contributed by atoms with Gasteiger partial charge in [-0.25, -0.2) is 0 Å². The molecule has 0 N–H and O–H groups in total. The van der Waals surface area contributed by atoms with Gasteiger partial charge in [0.05, 0.1) is 7.11 Å². The summed E-state index contributed by atoms with van der Waals surface area (Å²) in [5, 5.41) is 0. The third kappa shape index (κ3) is 2.41. The Labute approximate surface area is 65.2 Å². The Morgan fingerprint density at radius 2 is 2.64 bits per heavy atom. The Bertz CT molecular complexity index is 199. The topological polar surface area (TPSA) is 41.9 Å². The molecule has 1 aliphatic rings. The molecule has 0 radical (unpaired) electrons. The summed E-state index contributed by atoms with van der Waals surface area (Å²) in [4.78, 5) is 16.5. The van der Waals surface area contributed by atoms with E-state index in [0.717, 1.165) is 0 Å². The third-order valence-electron chi connectivity index (χ3n) is 1.31. The average Bonchev–Trinajstić information content (AvgIpc) is 2.06. The molecular formula is C7H10N2O2. The molecule has 0 saturated carbocycles. The van der Waals surface area contributed by atoms with Gasteiger partial charge in [0.25, 0.3) is 0 Å². The molecule has 0 spiro atoms. The SMILES string of the molecule is COC(=O)CN1C=CC=NC1. The Kier molecular flexibility index (Phi) is 2.66. The molecule has 0 bridgehead atoms. The van der Waals surface area contributed by atoms with E-state index in [1.807, 2.05) is 6.20 Å². The van der Waals surface area contributed by atoms with Crippen LogP contribution < -0.4 is 0 Å². The number of carbonyl (C=O) groups excluding carboxylic acids is 1. The summed E-state index contributed by atoms with van der Waals surface area (Å²) < 4.78 is 4.49. The minimum absolute atomic E-state index is 0.244. The van der Waals surface area contributed by atoms with Gasteiger partial charge < -0.3 is 9.64 Å². The predicted octanol–water partition coefficient (Wildman–Crippen LogP) is 0.0170. The van der Waals surface area contributed by atoms with E-state index < -0.39 is 0 Å². The van der Waals surface area contributed by atoms with Crippen LogP contribution in [0, 0.1) is 0 Å². The van der Waals surface area contributed by atoms with Crippen molar-refractivity contribution < 1.29 is 9.53 Å². The molecule has 0 aromatic carbocycles. The smallest absolute Gasteiger partial charge is 0.325 e. The molecule has 1 heterocycles. The maximum absolute atomic E-state index is 10.7. The highest BCUT2D eigenvalue weighted by molar-refractivity contribution is 5.74. The summed E-state index contributed by atoms with van der Waals surface area (Å²) in [6, 6.07) is 0. The largest absolute Gasteiger partial charge is 0.468 e. The molecule has 0 fully saturated rings. The monoisotopic (exact) mass is 154 g/mol. The summed E-state index contributed by atoms with van der Waals surface area (Å²) in [5.41, 5.74) is 0. The van der Waals surface area contributed by atoms with Gasteiger partial charge in [-0.05, 0) is 6.08 Å². The first-order valence-corrected chi connectivity index (χ1v) is 3.30. The Morgan fingerprint density at radius 3 is 3.18 bits per heavy atom. The first kappa shape index (κ1) is 7.78. The second kappa shape index (κ2) is 3.75. The molecule has 4 heteroatoms. The zero-order chi connectivity index (χ0) is 8.10. The molecule has 60 valence electrons. The van der Waals surface area contributed by atoms with E-state index >= 15 is 0 Å². The number of carbonyl (C=O) groups is 1. The maximum atomic E-state index is 10.7. The van der Waals surface area contributed by atoms with Crippen LogP contribution in [0.5, 0.6) is 0 Å². The lowest BCUT2D eigenvalue weighted by molar-refractivity contribution is -0.141. The third-order valence-corrected chi connectivity index (χ3v) is 1.31. The summed E-state index contributed by atoms with van der Waals surface area (Å²) in [6.07, 6.45) is 5.30. The quantitative estimate of drug-likeness (QED) is 0.526. The number of esters is 1. The van der Waals surface area contributed by atoms with E-state index in [1.54, 1.807) is 17.2 Å². The van der Waals surface area contributed by atoms with Crippen molar-refractivity contribution in [3.63, 3.8) is 0 Å². The summed E-state index contributed by atoms with van der Waals surface area (Å²) >= 11 is 0. The van der Waals surface area contributed by atoms with E-state index in [4.69, 9.17) is 0 Å². The second-order valence-electron chi connectivity index (χ2n) is 2.14. The Morgan fingerprint density at radius 1 is 1.82 bits per heavy atom. The highest BCUT2D eigenvalue weighted by Gasteiger charge is 2.06. The van der Waals surface area contributed by atoms with Crippen molar-refractivity contribution >= 4 is 12.2 Å². The van der Waals surface area contributed by atoms with Crippen LogP contribution in [0.4, 0.5) is 0 Å². The lowest BCUT2D eigenvalue weighted by Gasteiger charge is -2.17. The van der Waals surface area contributed by atoms with Crippen molar-refractivity contribution in [1.29, 1.82) is 0 Å². The van der Waals surface area contributed by atoms with E-state index in [-0.39, 0.29) is 12.5 Å². The fourth-order valence-electron chi connectivity index (χ4n) is 0.753. The number of rotatable bonds is 2. The van der Waals surface area contributed by atoms with Gasteiger partial charge in [-0.2, -0.15) is 0 Å². The number of hydrogen-bond donors (Lipinski definition) is 0. The summed E-state index contributed by atoms with van der Waals surface area (Å²) in [6.45, 7) is 0.802. The molecular weight excluding hydrogens is 144 g/mol. The molecule has 4 nitrogen and oxygen atoms in total. The van der Waals surface area contributed by atoms with Crippen LogP contribution in [0.25, 0.3) is 0 Å². The summed E-state index contributed by atoms with van der Waals surface area (Å²) in [5.74, 6) is -0.244. The van der Waals surface area contributed by atoms with Crippen LogP contribution in [-0.2, 0) is 9.53 Å². The Hall–Kier alpha value is -1.32. The van der Waals surface area contributed by atoms with Gasteiger partial charge in [0.1, 0.15) is 13.2 Å². The highest BCUT2D eigenvalue weighted by atomic mass is 16.5. The molecule has 0 saturated heterocycles. The minimum Gasteiger partial charge on any atom is -0.468 e. The normalized spacial score (nSPS) is 15.2. The first-order valence-electron chi connectivity index (χ1n) is 3.30. The molecule has 1 rings (SSSR count). The number of ether oxygens (including phenoxy) is 1. The molecule has 0 aromatic rings. The van der Waals surface area contributed by atoms with Gasteiger partial charge in [-0.3, -0.25) is 9.79 Å². The van der Waals surface area contributed by atoms with E-state index in [2.05, 4.69) is 9.73 Å². The molecule has 1 aliphatic heterocycles. The molecule has 0 aliphatic carbocycles. The van der Waals surface area contributed by atoms with Crippen LogP contribution in [0.2, 0.25) is 0 Å². The highest BCUT2D eigenvalue weighted by Crippen LogP contribution is 1.94. The number of nitrogens with zero attached hydrogens (tertiary/aromatic N) is 2. The van der Waals surface area contributed by atoms with Crippen molar-refractivity contribution in [2.45, 2.75) is 0 Å². The standard InChI is InChI=1S/C7H10N2O2/c1-11-7(10)5-9-4-2-3-8-6-9/h2-4H,5-6H2,1H3. The summed E-state index contributed by atoms with van der Waals surface area (Å²) in [7, 11) is 1.37. The van der Waals surface area contributed by atoms with Crippen LogP contribution in [0.1, 0.15) is 0 Å². The van der Waals surface area contributed by atoms with Gasteiger partial charge in [0.15, 0.2) is 0 Å². The van der Waals surface area contributed by atoms with Gasteiger partial charge in [-0.15, -0.1) is 0 Å². The number of aliphatic imine (C=N–C) groups is 1. The van der Waals surface area contributed by atoms with E-state index in [1.165, 1.54) is 7.11 Å². The lowest BCUT2D eigenvalue weighted by atomic mass is 10.5. The zero-order valence-corrected chi connectivity index (χ0v) is 6.36. The van der Waals surface area contributed by atoms with Gasteiger partial charge in [0, 0.05) is 12.4 Å². The van der Waals surface area contributed by atoms with Crippen LogP contribution in [-0.4, -0.2) is 37.4 Å². The molecule has 0 unspecified atom stereocenters. The first-order chi connectivity index (χ1) is 5.33. The van der Waals surface area contributed by atoms with Crippen molar-refractivity contribution in [1.82, 2.24) is 4.90 Å². The van der Waals surface area contributed by atoms with Gasteiger partial charge >= 0.3 is 5.97 Å². The average molecular weight is 154 g/mol. The molecule has 0 atom stereocenters. The second-order valence-corrected chi connectivity index (χ2v) is 2.14. The van der Waals surface area contributed by atoms with Crippen molar-refractivity contribution in [2.75, 3.05) is 20.3 Å². The van der Waals surface area contributed by atoms with Crippen molar-refractivity contribution in [3.8, 4) is 0 Å². The van der Waals surface area contributed by atoms with Gasteiger partial charge in [0.2, 0.25) is 0 Å². The van der Waals surface area contributed by atoms with Crippen LogP contribution >= 0.6 is 0 Å². The predicted molar refractivity (Wildman–Crippen MR) is 41.2 cm³/mol. The van der Waals surface area contributed by atoms with Crippen molar-refractivity contribution in [3.05, 3.63) is 12.3 Å². The fourth-order valence-corrected chi connectivity index (χ4v) is 0.753. The molecule has 11 heavy (non-hydrogen) atoms. The van der Waals surface area contributed by atoms with E-state index in [9.17, 15) is 4.79 Å². The van der Waals surface area contributed by atoms with Crippen LogP contribution in [0.15, 0.2) is 17.3 Å². The van der Waals surface area contributed by atoms with E-state index in [0.29, 0.717) is 6.67 Å². The number of methoxy groups -OCH3 is 1. The van der Waals surface area contributed by atoms with Crippen LogP contribution in [0.3, 0.4) is 0 Å². The number of hydrogen-bond acceptors (Lipinski definition) is 4. The van der Waals surface area contributed by atoms with Gasteiger partial charge in [-0.1, -0.05) is 0 Å². The maximum Gasteiger partial charge on any atom is 0.325 e.